The SMILES string of the molecule is COc1ccc(C(=O)N/N=C\c2ccc(-c3cccc(C(=O)O)c3)o2)c(O)c1. The van der Waals surface area contributed by atoms with Crippen LogP contribution < -0.4 is 10.2 Å². The van der Waals surface area contributed by atoms with Crippen molar-refractivity contribution in [3.63, 3.8) is 0 Å². The summed E-state index contributed by atoms with van der Waals surface area (Å²) >= 11 is 0. The molecule has 3 rings (SSSR count). The first kappa shape index (κ1) is 18.7. The second-order valence-electron chi connectivity index (χ2n) is 5.67. The first-order chi connectivity index (χ1) is 13.5. The maximum Gasteiger partial charge on any atom is 0.335 e. The molecule has 28 heavy (non-hydrogen) atoms. The van der Waals surface area contributed by atoms with E-state index in [-0.39, 0.29) is 16.9 Å². The number of rotatable bonds is 6. The number of carboxylic acid groups (broad SMARTS) is 1. The van der Waals surface area contributed by atoms with E-state index in [4.69, 9.17) is 14.3 Å². The number of phenolic OH excluding ortho intramolecular Hbond substituents is 1. The van der Waals surface area contributed by atoms with Gasteiger partial charge in [0, 0.05) is 11.6 Å². The molecule has 8 heteroatoms. The van der Waals surface area contributed by atoms with Crippen molar-refractivity contribution in [2.24, 2.45) is 5.10 Å². The van der Waals surface area contributed by atoms with Crippen LogP contribution in [0.3, 0.4) is 0 Å². The number of hydrogen-bond acceptors (Lipinski definition) is 6. The van der Waals surface area contributed by atoms with Crippen LogP contribution in [-0.2, 0) is 0 Å². The van der Waals surface area contributed by atoms with Crippen LogP contribution in [-0.4, -0.2) is 35.4 Å². The molecule has 8 nitrogen and oxygen atoms in total. The van der Waals surface area contributed by atoms with Crippen molar-refractivity contribution >= 4 is 18.1 Å². The van der Waals surface area contributed by atoms with E-state index in [0.29, 0.717) is 22.8 Å². The molecular weight excluding hydrogens is 364 g/mol. The van der Waals surface area contributed by atoms with E-state index in [1.807, 2.05) is 0 Å². The van der Waals surface area contributed by atoms with Gasteiger partial charge in [-0.15, -0.1) is 0 Å². The Morgan fingerprint density at radius 2 is 1.96 bits per heavy atom. The second-order valence-corrected chi connectivity index (χ2v) is 5.67. The Balaban J connectivity index is 1.68. The highest BCUT2D eigenvalue weighted by atomic mass is 16.5. The second kappa shape index (κ2) is 8.09. The Labute approximate surface area is 159 Å². The molecule has 0 saturated heterocycles. The molecule has 0 unspecified atom stereocenters. The Morgan fingerprint density at radius 1 is 1.14 bits per heavy atom. The third-order valence-electron chi connectivity index (χ3n) is 3.83. The summed E-state index contributed by atoms with van der Waals surface area (Å²) in [4.78, 5) is 23.1. The molecular formula is C20H16N2O6. The minimum Gasteiger partial charge on any atom is -0.507 e. The fourth-order valence-corrected chi connectivity index (χ4v) is 2.43. The number of phenols is 1. The van der Waals surface area contributed by atoms with Gasteiger partial charge in [0.05, 0.1) is 24.5 Å². The lowest BCUT2D eigenvalue weighted by Crippen LogP contribution is -2.17. The lowest BCUT2D eigenvalue weighted by molar-refractivity contribution is 0.0696. The molecule has 0 atom stereocenters. The van der Waals surface area contributed by atoms with Gasteiger partial charge in [-0.05, 0) is 36.4 Å². The lowest BCUT2D eigenvalue weighted by Gasteiger charge is -2.05. The first-order valence-electron chi connectivity index (χ1n) is 8.12. The predicted octanol–water partition coefficient (Wildman–Crippen LogP) is 3.12. The van der Waals surface area contributed by atoms with Crippen molar-refractivity contribution in [1.29, 1.82) is 0 Å². The molecule has 2 aromatic carbocycles. The first-order valence-corrected chi connectivity index (χ1v) is 8.12. The predicted molar refractivity (Wildman–Crippen MR) is 101 cm³/mol. The van der Waals surface area contributed by atoms with Crippen LogP contribution >= 0.6 is 0 Å². The van der Waals surface area contributed by atoms with Crippen LogP contribution in [0.2, 0.25) is 0 Å². The van der Waals surface area contributed by atoms with Crippen LogP contribution in [0.25, 0.3) is 11.3 Å². The molecule has 0 aliphatic carbocycles. The molecule has 142 valence electrons. The number of ether oxygens (including phenoxy) is 1. The summed E-state index contributed by atoms with van der Waals surface area (Å²) in [5.41, 5.74) is 3.09. The maximum atomic E-state index is 12.1. The minimum absolute atomic E-state index is 0.0450. The van der Waals surface area contributed by atoms with E-state index in [0.717, 1.165) is 0 Å². The molecule has 0 radical (unpaired) electrons. The third kappa shape index (κ3) is 4.18. The summed E-state index contributed by atoms with van der Waals surface area (Å²) in [6, 6.07) is 13.9. The molecule has 3 aromatic rings. The molecule has 3 N–H and O–H groups in total. The molecule has 1 heterocycles. The van der Waals surface area contributed by atoms with Crippen molar-refractivity contribution in [3.05, 3.63) is 71.5 Å². The van der Waals surface area contributed by atoms with Crippen LogP contribution in [0.1, 0.15) is 26.5 Å². The zero-order valence-corrected chi connectivity index (χ0v) is 14.7. The number of aromatic hydroxyl groups is 1. The number of amides is 1. The molecule has 1 aromatic heterocycles. The van der Waals surface area contributed by atoms with Gasteiger partial charge in [0.25, 0.3) is 5.91 Å². The topological polar surface area (TPSA) is 121 Å². The van der Waals surface area contributed by atoms with Crippen molar-refractivity contribution < 1.29 is 29.0 Å². The maximum absolute atomic E-state index is 12.1. The summed E-state index contributed by atoms with van der Waals surface area (Å²) in [7, 11) is 1.45. The van der Waals surface area contributed by atoms with Crippen molar-refractivity contribution in [2.45, 2.75) is 0 Å². The fourth-order valence-electron chi connectivity index (χ4n) is 2.43. The number of carbonyl (C=O) groups is 2. The molecule has 0 aliphatic heterocycles. The number of carbonyl (C=O) groups excluding carboxylic acids is 1. The quantitative estimate of drug-likeness (QED) is 0.446. The van der Waals surface area contributed by atoms with E-state index < -0.39 is 11.9 Å². The monoisotopic (exact) mass is 380 g/mol. The van der Waals surface area contributed by atoms with Crippen molar-refractivity contribution in [3.8, 4) is 22.8 Å². The smallest absolute Gasteiger partial charge is 0.335 e. The molecule has 0 fully saturated rings. The number of methoxy groups -OCH3 is 1. The number of hydrazone groups is 1. The van der Waals surface area contributed by atoms with Crippen molar-refractivity contribution in [2.75, 3.05) is 7.11 Å². The van der Waals surface area contributed by atoms with E-state index in [1.165, 1.54) is 37.6 Å². The molecule has 0 spiro atoms. The lowest BCUT2D eigenvalue weighted by atomic mass is 10.1. The van der Waals surface area contributed by atoms with Crippen LogP contribution in [0.15, 0.2) is 64.1 Å². The van der Waals surface area contributed by atoms with Crippen LogP contribution in [0.4, 0.5) is 0 Å². The number of benzene rings is 2. The molecule has 0 aliphatic rings. The van der Waals surface area contributed by atoms with Gasteiger partial charge in [0.2, 0.25) is 0 Å². The van der Waals surface area contributed by atoms with E-state index >= 15 is 0 Å². The number of aromatic carboxylic acids is 1. The number of furan rings is 1. The van der Waals surface area contributed by atoms with Crippen LogP contribution in [0.5, 0.6) is 11.5 Å². The summed E-state index contributed by atoms with van der Waals surface area (Å²) in [5.74, 6) is -0.617. The highest BCUT2D eigenvalue weighted by Crippen LogP contribution is 2.24. The Bertz CT molecular complexity index is 1050. The highest BCUT2D eigenvalue weighted by molar-refractivity contribution is 5.97. The number of hydrogen-bond donors (Lipinski definition) is 3. The zero-order chi connectivity index (χ0) is 20.1. The summed E-state index contributed by atoms with van der Waals surface area (Å²) < 4.78 is 10.5. The van der Waals surface area contributed by atoms with E-state index in [9.17, 15) is 14.7 Å². The van der Waals surface area contributed by atoms with Gasteiger partial charge < -0.3 is 19.4 Å². The zero-order valence-electron chi connectivity index (χ0n) is 14.7. The van der Waals surface area contributed by atoms with E-state index in [1.54, 1.807) is 30.3 Å². The van der Waals surface area contributed by atoms with Crippen LogP contribution in [0, 0.1) is 0 Å². The van der Waals surface area contributed by atoms with Gasteiger partial charge in [0.1, 0.15) is 23.0 Å². The Hall–Kier alpha value is -4.07. The summed E-state index contributed by atoms with van der Waals surface area (Å²) in [5, 5.41) is 22.7. The molecule has 1 amide bonds. The summed E-state index contributed by atoms with van der Waals surface area (Å²) in [6.45, 7) is 0. The largest absolute Gasteiger partial charge is 0.507 e. The van der Waals surface area contributed by atoms with Gasteiger partial charge in [-0.2, -0.15) is 5.10 Å². The molecule has 0 bridgehead atoms. The van der Waals surface area contributed by atoms with Gasteiger partial charge >= 0.3 is 5.97 Å². The molecule has 0 saturated carbocycles. The number of nitrogens with zero attached hydrogens (tertiary/aromatic N) is 1. The fraction of sp³-hybridized carbons (Fsp3) is 0.0500. The normalized spacial score (nSPS) is 10.8. The van der Waals surface area contributed by atoms with Gasteiger partial charge in [-0.1, -0.05) is 12.1 Å². The van der Waals surface area contributed by atoms with Gasteiger partial charge in [-0.25, -0.2) is 10.2 Å². The standard InChI is InChI=1S/C20H16N2O6/c1-27-14-5-7-16(17(23)10-14)19(24)22-21-11-15-6-8-18(28-15)12-3-2-4-13(9-12)20(25)26/h2-11,23H,1H3,(H,22,24)(H,25,26)/b21-11-. The van der Waals surface area contributed by atoms with Crippen molar-refractivity contribution in [1.82, 2.24) is 5.43 Å². The Kier molecular flexibility index (Phi) is 5.40. The van der Waals surface area contributed by atoms with Gasteiger partial charge in [-0.3, -0.25) is 4.79 Å². The third-order valence-corrected chi connectivity index (χ3v) is 3.83. The Morgan fingerprint density at radius 3 is 2.68 bits per heavy atom. The highest BCUT2D eigenvalue weighted by Gasteiger charge is 2.11. The average molecular weight is 380 g/mol. The van der Waals surface area contributed by atoms with E-state index in [2.05, 4.69) is 10.5 Å². The summed E-state index contributed by atoms with van der Waals surface area (Å²) in [6.07, 6.45) is 1.29. The van der Waals surface area contributed by atoms with Gasteiger partial charge in [0.15, 0.2) is 0 Å². The minimum atomic E-state index is -1.03. The average Bonchev–Trinajstić information content (AvgIpc) is 3.16. The number of carboxylic acids is 1. The number of nitrogens with one attached hydrogen (secondary N) is 1.